The van der Waals surface area contributed by atoms with Crippen molar-refractivity contribution < 1.29 is 15.1 Å². The van der Waals surface area contributed by atoms with E-state index in [0.717, 1.165) is 30.1 Å². The van der Waals surface area contributed by atoms with Gasteiger partial charge in [0.1, 0.15) is 21.1 Å². The molecule has 9 aromatic rings. The summed E-state index contributed by atoms with van der Waals surface area (Å²) in [6.07, 6.45) is 41.6. The number of pyridine rings is 3. The molecule has 0 atom stereocenters. The number of hydrogen-bond acceptors (Lipinski definition) is 0. The highest BCUT2D eigenvalue weighted by Gasteiger charge is 2.40. The van der Waals surface area contributed by atoms with Gasteiger partial charge in [0.2, 0.25) is 17.1 Å². The molecular weight excluding hydrogens is 1100 g/mol. The van der Waals surface area contributed by atoms with Gasteiger partial charge < -0.3 is 0 Å². The summed E-state index contributed by atoms with van der Waals surface area (Å²) in [7, 11) is 6.43. The van der Waals surface area contributed by atoms with Crippen LogP contribution in [-0.4, -0.2) is 0 Å². The molecule has 0 aliphatic heterocycles. The van der Waals surface area contributed by atoms with Crippen LogP contribution in [-0.2, 0) is 21.1 Å². The highest BCUT2D eigenvalue weighted by Crippen LogP contribution is 2.54. The molecule has 6 fully saturated rings. The van der Waals surface area contributed by atoms with E-state index in [0.29, 0.717) is 10.8 Å². The van der Waals surface area contributed by atoms with E-state index in [1.165, 1.54) is 237 Å². The Morgan fingerprint density at radius 3 is 0.846 bits per heavy atom. The first-order chi connectivity index (χ1) is 44.7. The molecule has 6 saturated carbocycles. The lowest BCUT2D eigenvalue weighted by Gasteiger charge is -2.43. The second kappa shape index (κ2) is 27.9. The average molecular weight is 1200 g/mol. The van der Waals surface area contributed by atoms with Gasteiger partial charge in [-0.1, -0.05) is 172 Å². The summed E-state index contributed by atoms with van der Waals surface area (Å²) >= 11 is 0. The summed E-state index contributed by atoms with van der Waals surface area (Å²) < 4.78 is 15.9. The lowest BCUT2D eigenvalue weighted by Crippen LogP contribution is -2.30. The van der Waals surface area contributed by atoms with E-state index in [4.69, 9.17) is 1.37 Å². The SMILES string of the molecule is Cc1ccccc1-c1ccc(-c2ccc(C3CCC4(CCCC4)CC3)cc2)c[n+]1C.Cc1ccccc1-c1ccc(-c2ccc(C3CCC4(CCCCC4)CC3)cc2)c[n+]1C.[2H]C1(c2ccc(-c3ccc(-c4ccccc4C)[n+](C)c3)cc2)CCC2(CCCC2)CC1. The Balaban J connectivity index is 0.000000126. The first kappa shape index (κ1) is 61.3. The smallest absolute Gasteiger partial charge is 0.200 e. The predicted octanol–water partition coefficient (Wildman–Crippen LogP) is 22.5. The molecule has 15 rings (SSSR count). The Kier molecular flexibility index (Phi) is 18.8. The summed E-state index contributed by atoms with van der Waals surface area (Å²) in [5.41, 5.74) is 25.5. The quantitative estimate of drug-likeness (QED) is 0.128. The maximum Gasteiger partial charge on any atom is 0.212 e. The molecule has 0 N–H and O–H groups in total. The van der Waals surface area contributed by atoms with Crippen molar-refractivity contribution in [2.75, 3.05) is 0 Å². The first-order valence-corrected chi connectivity index (χ1v) is 35.7. The van der Waals surface area contributed by atoms with Crippen LogP contribution < -0.4 is 13.7 Å². The molecule has 0 saturated heterocycles. The molecule has 6 aromatic carbocycles. The van der Waals surface area contributed by atoms with Gasteiger partial charge in [-0.3, -0.25) is 0 Å². The molecule has 3 heterocycles. The Morgan fingerprint density at radius 2 is 0.549 bits per heavy atom. The fraction of sp³-hybridized carbons (Fsp3) is 0.420. The third-order valence-corrected chi connectivity index (χ3v) is 24.0. The summed E-state index contributed by atoms with van der Waals surface area (Å²) in [6.45, 7) is 6.53. The summed E-state index contributed by atoms with van der Waals surface area (Å²) in [5, 5.41) is 0. The second-order valence-electron chi connectivity index (χ2n) is 29.6. The van der Waals surface area contributed by atoms with E-state index in [-0.39, 0.29) is 0 Å². The fourth-order valence-corrected chi connectivity index (χ4v) is 18.1. The minimum Gasteiger partial charge on any atom is -0.200 e. The molecule has 6 aliphatic rings. The van der Waals surface area contributed by atoms with Crippen LogP contribution in [0.15, 0.2) is 201 Å². The lowest BCUT2D eigenvalue weighted by molar-refractivity contribution is -0.660. The van der Waals surface area contributed by atoms with Crippen molar-refractivity contribution in [3.63, 3.8) is 0 Å². The van der Waals surface area contributed by atoms with Crippen molar-refractivity contribution in [2.45, 2.75) is 199 Å². The average Bonchev–Trinajstić information content (AvgIpc) is 2.20. The summed E-state index contributed by atoms with van der Waals surface area (Å²) in [4.78, 5) is 0. The van der Waals surface area contributed by atoms with Gasteiger partial charge in [-0.2, -0.15) is 0 Å². The Labute approximate surface area is 549 Å². The number of aryl methyl sites for hydroxylation is 6. The molecule has 3 aromatic heterocycles. The topological polar surface area (TPSA) is 11.6 Å². The summed E-state index contributed by atoms with van der Waals surface area (Å²) in [5.74, 6) is 1.14. The van der Waals surface area contributed by atoms with Crippen molar-refractivity contribution >= 4 is 0 Å². The van der Waals surface area contributed by atoms with E-state index < -0.39 is 5.89 Å². The Bertz CT molecular complexity index is 3940. The highest BCUT2D eigenvalue weighted by atomic mass is 14.9. The molecule has 0 amide bonds. The van der Waals surface area contributed by atoms with Gasteiger partial charge in [-0.15, -0.1) is 0 Å². The van der Waals surface area contributed by atoms with Gasteiger partial charge in [0.25, 0.3) is 0 Å². The molecule has 3 spiro atoms. The monoisotopic (exact) mass is 1200 g/mol. The molecule has 3 heteroatoms. The number of nitrogens with zero attached hydrogens (tertiary/aromatic N) is 3. The lowest BCUT2D eigenvalue weighted by atomic mass is 9.62. The minimum absolute atomic E-state index is 0.397. The minimum atomic E-state index is -0.397. The Hall–Kier alpha value is -7.23. The van der Waals surface area contributed by atoms with E-state index in [1.54, 1.807) is 11.1 Å². The Morgan fingerprint density at radius 1 is 0.286 bits per heavy atom. The summed E-state index contributed by atoms with van der Waals surface area (Å²) in [6, 6.07) is 67.0. The highest BCUT2D eigenvalue weighted by molar-refractivity contribution is 5.69. The molecule has 6 aliphatic carbocycles. The number of aromatic nitrogens is 3. The number of rotatable bonds is 9. The van der Waals surface area contributed by atoms with Gasteiger partial charge in [-0.05, 0) is 257 Å². The van der Waals surface area contributed by atoms with Crippen LogP contribution in [0.4, 0.5) is 0 Å². The van der Waals surface area contributed by atoms with Crippen molar-refractivity contribution in [1.82, 2.24) is 0 Å². The zero-order valence-electron chi connectivity index (χ0n) is 57.2. The van der Waals surface area contributed by atoms with Crippen LogP contribution in [0.3, 0.4) is 0 Å². The van der Waals surface area contributed by atoms with Crippen LogP contribution in [0.1, 0.15) is 213 Å². The number of hydrogen-bond donors (Lipinski definition) is 0. The maximum absolute atomic E-state index is 9.16. The molecule has 91 heavy (non-hydrogen) atoms. The fourth-order valence-electron chi connectivity index (χ4n) is 18.1. The van der Waals surface area contributed by atoms with Crippen LogP contribution in [0.5, 0.6) is 0 Å². The standard InChI is InChI=1S/C30H36N.2C29H34N/c1-23-8-4-5-9-28(23)29-15-14-27(22-31(29)2)25-12-10-24(11-13-25)26-16-20-30(21-17-26)18-6-3-7-19-30;2*1-22-7-3-4-8-27(22)28-14-13-26(21-30(28)2)24-11-9-23(10-12-24)25-15-19-29(20-16-25)17-5-6-18-29/h4-5,8-15,22,26H,3,6-7,16-21H2,1-2H3;2*3-4,7-14,21,25H,5-6,15-20H2,1-2H3/q3*+1/i;25D;. The second-order valence-corrected chi connectivity index (χ2v) is 29.6. The molecule has 3 nitrogen and oxygen atoms in total. The molecular formula is C88H104N3+3. The largest absolute Gasteiger partial charge is 0.212 e. The van der Waals surface area contributed by atoms with E-state index in [9.17, 15) is 0 Å². The molecule has 0 unspecified atom stereocenters. The van der Waals surface area contributed by atoms with Crippen LogP contribution in [0.2, 0.25) is 0 Å². The van der Waals surface area contributed by atoms with Gasteiger partial charge >= 0.3 is 0 Å². The van der Waals surface area contributed by atoms with Crippen LogP contribution in [0, 0.1) is 37.0 Å². The molecule has 0 bridgehead atoms. The van der Waals surface area contributed by atoms with E-state index in [2.05, 4.69) is 256 Å². The normalized spacial score (nSPS) is 20.9. The molecule has 0 radical (unpaired) electrons. The van der Waals surface area contributed by atoms with Crippen molar-refractivity contribution in [1.29, 1.82) is 0 Å². The first-order valence-electron chi connectivity index (χ1n) is 36.2. The third-order valence-electron chi connectivity index (χ3n) is 24.0. The van der Waals surface area contributed by atoms with Gasteiger partial charge in [-0.25, -0.2) is 13.7 Å². The maximum atomic E-state index is 9.16. The molecule has 468 valence electrons. The van der Waals surface area contributed by atoms with Gasteiger partial charge in [0.15, 0.2) is 18.6 Å². The van der Waals surface area contributed by atoms with Crippen molar-refractivity contribution in [3.8, 4) is 67.2 Å². The number of benzene rings is 6. The third kappa shape index (κ3) is 14.2. The van der Waals surface area contributed by atoms with Crippen LogP contribution >= 0.6 is 0 Å². The van der Waals surface area contributed by atoms with Gasteiger partial charge in [0, 0.05) is 53.0 Å². The zero-order chi connectivity index (χ0) is 63.3. The zero-order valence-corrected chi connectivity index (χ0v) is 56.2. The van der Waals surface area contributed by atoms with Crippen molar-refractivity contribution in [3.05, 3.63) is 234 Å². The predicted molar refractivity (Wildman–Crippen MR) is 381 cm³/mol. The van der Waals surface area contributed by atoms with E-state index >= 15 is 0 Å². The van der Waals surface area contributed by atoms with Crippen LogP contribution in [0.25, 0.3) is 67.2 Å². The van der Waals surface area contributed by atoms with Gasteiger partial charge in [0.05, 0.1) is 0 Å². The van der Waals surface area contributed by atoms with Crippen molar-refractivity contribution in [2.24, 2.45) is 37.4 Å². The van der Waals surface area contributed by atoms with E-state index in [1.807, 2.05) is 0 Å².